The summed E-state index contributed by atoms with van der Waals surface area (Å²) in [6, 6.07) is 19.5. The van der Waals surface area contributed by atoms with Crippen molar-refractivity contribution in [3.63, 3.8) is 0 Å². The number of nitrogens with zero attached hydrogens (tertiary/aromatic N) is 3. The molecule has 0 aromatic heterocycles. The zero-order valence-electron chi connectivity index (χ0n) is 15.9. The summed E-state index contributed by atoms with van der Waals surface area (Å²) in [4.78, 5) is 2.00. The largest absolute Gasteiger partial charge is 0.314 e. The van der Waals surface area contributed by atoms with Crippen LogP contribution in [0.2, 0.25) is 0 Å². The van der Waals surface area contributed by atoms with Crippen molar-refractivity contribution in [3.8, 4) is 0 Å². The molecule has 0 amide bonds. The summed E-state index contributed by atoms with van der Waals surface area (Å²) in [5.41, 5.74) is 6.53. The highest BCUT2D eigenvalue weighted by Gasteiger charge is 2.26. The van der Waals surface area contributed by atoms with Crippen LogP contribution in [-0.4, -0.2) is 31.6 Å². The predicted octanol–water partition coefficient (Wildman–Crippen LogP) is 4.22. The van der Waals surface area contributed by atoms with Crippen LogP contribution in [0.4, 0.5) is 11.4 Å². The number of hydrazine groups is 1. The van der Waals surface area contributed by atoms with E-state index in [0.717, 1.165) is 31.5 Å². The van der Waals surface area contributed by atoms with Crippen LogP contribution in [0, 0.1) is 5.41 Å². The van der Waals surface area contributed by atoms with Gasteiger partial charge in [-0.2, -0.15) is 0 Å². The van der Waals surface area contributed by atoms with E-state index in [2.05, 4.69) is 59.6 Å². The van der Waals surface area contributed by atoms with E-state index in [0.29, 0.717) is 5.96 Å². The zero-order valence-corrected chi connectivity index (χ0v) is 15.9. The lowest BCUT2D eigenvalue weighted by Crippen LogP contribution is -2.49. The molecule has 0 fully saturated rings. The highest BCUT2D eigenvalue weighted by atomic mass is 15.7. The highest BCUT2D eigenvalue weighted by molar-refractivity contribution is 6.06. The Morgan fingerprint density at radius 3 is 2.44 bits per heavy atom. The Labute approximate surface area is 160 Å². The minimum absolute atomic E-state index is 0.477. The van der Waals surface area contributed by atoms with Crippen molar-refractivity contribution in [3.05, 3.63) is 71.3 Å². The maximum absolute atomic E-state index is 8.85. The zero-order chi connectivity index (χ0) is 18.5. The molecule has 2 aliphatic rings. The maximum Gasteiger partial charge on any atom is 0.217 e. The Balaban J connectivity index is 1.49. The Kier molecular flexibility index (Phi) is 3.61. The van der Waals surface area contributed by atoms with Crippen LogP contribution in [0.1, 0.15) is 16.7 Å². The number of aryl methyl sites for hydroxylation is 2. The molecule has 1 aliphatic carbocycles. The summed E-state index contributed by atoms with van der Waals surface area (Å²) in [5, 5.41) is 15.7. The van der Waals surface area contributed by atoms with Gasteiger partial charge in [-0.3, -0.25) is 15.4 Å². The van der Waals surface area contributed by atoms with Gasteiger partial charge in [0.05, 0.1) is 11.4 Å². The average molecular weight is 356 g/mol. The first-order chi connectivity index (χ1) is 13.1. The van der Waals surface area contributed by atoms with Crippen LogP contribution < -0.4 is 9.91 Å². The van der Waals surface area contributed by atoms with Crippen molar-refractivity contribution in [2.45, 2.75) is 19.3 Å². The van der Waals surface area contributed by atoms with E-state index < -0.39 is 0 Å². The Hall–Kier alpha value is -3.01. The van der Waals surface area contributed by atoms with Crippen molar-refractivity contribution in [2.24, 2.45) is 0 Å². The summed E-state index contributed by atoms with van der Waals surface area (Å²) in [6.45, 7) is 0.913. The fraction of sp³-hybridized carbons (Fsp3) is 0.261. The highest BCUT2D eigenvalue weighted by Crippen LogP contribution is 2.37. The molecule has 4 nitrogen and oxygen atoms in total. The minimum Gasteiger partial charge on any atom is -0.314 e. The summed E-state index contributed by atoms with van der Waals surface area (Å²) < 4.78 is 0. The third kappa shape index (κ3) is 2.40. The topological polar surface area (TPSA) is 33.6 Å². The van der Waals surface area contributed by atoms with Crippen LogP contribution in [0.3, 0.4) is 0 Å². The fourth-order valence-electron chi connectivity index (χ4n) is 4.60. The normalized spacial score (nSPS) is 14.5. The Morgan fingerprint density at radius 1 is 0.852 bits per heavy atom. The van der Waals surface area contributed by atoms with Crippen molar-refractivity contribution in [1.82, 2.24) is 5.01 Å². The first-order valence-electron chi connectivity index (χ1n) is 9.60. The molecule has 0 unspecified atom stereocenters. The third-order valence-corrected chi connectivity index (χ3v) is 6.06. The molecular weight excluding hydrogens is 332 g/mol. The number of fused-ring (bicyclic) bond motifs is 1. The molecule has 0 spiro atoms. The first kappa shape index (κ1) is 16.2. The second kappa shape index (κ2) is 6.02. The van der Waals surface area contributed by atoms with Gasteiger partial charge in [0.2, 0.25) is 5.96 Å². The lowest BCUT2D eigenvalue weighted by atomic mass is 10.0. The lowest BCUT2D eigenvalue weighted by Gasteiger charge is -2.36. The molecule has 3 aromatic carbocycles. The molecule has 1 heterocycles. The van der Waals surface area contributed by atoms with Crippen LogP contribution >= 0.6 is 0 Å². The van der Waals surface area contributed by atoms with Gasteiger partial charge in [-0.05, 0) is 53.5 Å². The average Bonchev–Trinajstić information content (AvgIpc) is 3.32. The molecule has 3 aromatic rings. The number of anilines is 2. The number of guanidine groups is 1. The Morgan fingerprint density at radius 2 is 1.59 bits per heavy atom. The van der Waals surface area contributed by atoms with Gasteiger partial charge in [0.25, 0.3) is 0 Å². The van der Waals surface area contributed by atoms with Crippen LogP contribution in [0.5, 0.6) is 0 Å². The number of hydrogen-bond acceptors (Lipinski definition) is 2. The smallest absolute Gasteiger partial charge is 0.217 e. The summed E-state index contributed by atoms with van der Waals surface area (Å²) in [7, 11) is 3.99. The van der Waals surface area contributed by atoms with Crippen molar-refractivity contribution < 1.29 is 0 Å². The van der Waals surface area contributed by atoms with Crippen LogP contribution in [-0.2, 0) is 19.3 Å². The molecule has 0 atom stereocenters. The van der Waals surface area contributed by atoms with Gasteiger partial charge in [-0.25, -0.2) is 0 Å². The number of para-hydroxylation sites is 1. The molecule has 0 saturated heterocycles. The second-order valence-corrected chi connectivity index (χ2v) is 7.49. The van der Waals surface area contributed by atoms with Gasteiger partial charge in [-0.1, -0.05) is 42.5 Å². The van der Waals surface area contributed by atoms with Crippen LogP contribution in [0.25, 0.3) is 10.8 Å². The monoisotopic (exact) mass is 356 g/mol. The maximum atomic E-state index is 8.85. The molecular formula is C23H24N4. The van der Waals surface area contributed by atoms with Gasteiger partial charge in [0.1, 0.15) is 0 Å². The molecule has 5 rings (SSSR count). The van der Waals surface area contributed by atoms with E-state index in [1.165, 1.54) is 33.2 Å². The number of rotatable bonds is 2. The molecule has 0 bridgehead atoms. The lowest BCUT2D eigenvalue weighted by molar-refractivity contribution is 0.459. The predicted molar refractivity (Wildman–Crippen MR) is 113 cm³/mol. The first-order valence-corrected chi connectivity index (χ1v) is 9.60. The van der Waals surface area contributed by atoms with E-state index in [1.54, 1.807) is 0 Å². The molecule has 136 valence electrons. The number of nitrogens with one attached hydrogen (secondary N) is 1. The van der Waals surface area contributed by atoms with E-state index in [4.69, 9.17) is 5.41 Å². The third-order valence-electron chi connectivity index (χ3n) is 6.06. The summed E-state index contributed by atoms with van der Waals surface area (Å²) in [6.07, 6.45) is 3.28. The van der Waals surface area contributed by atoms with E-state index in [9.17, 15) is 0 Å². The fourth-order valence-corrected chi connectivity index (χ4v) is 4.60. The standard InChI is InChI=1S/C23H24N4/c1-25(21-13-12-18-11-10-17-7-5-8-19(21)22(17)18)23(24)26(2)27-15-14-16-6-3-4-9-20(16)27/h3-9,12-13,24H,10-11,14-15H2,1-2H3. The summed E-state index contributed by atoms with van der Waals surface area (Å²) in [5.74, 6) is 0.477. The molecule has 0 saturated carbocycles. The van der Waals surface area contributed by atoms with Crippen molar-refractivity contribution in [1.29, 1.82) is 5.41 Å². The van der Waals surface area contributed by atoms with Gasteiger partial charge < -0.3 is 4.90 Å². The Bertz CT molecular complexity index is 1050. The van der Waals surface area contributed by atoms with Gasteiger partial charge in [-0.15, -0.1) is 0 Å². The minimum atomic E-state index is 0.477. The molecule has 27 heavy (non-hydrogen) atoms. The molecule has 1 N–H and O–H groups in total. The van der Waals surface area contributed by atoms with Crippen LogP contribution in [0.15, 0.2) is 54.6 Å². The van der Waals surface area contributed by atoms with Gasteiger partial charge >= 0.3 is 0 Å². The quantitative estimate of drug-likeness (QED) is 0.551. The number of benzene rings is 3. The van der Waals surface area contributed by atoms with Gasteiger partial charge in [0.15, 0.2) is 0 Å². The second-order valence-electron chi connectivity index (χ2n) is 7.49. The molecule has 0 radical (unpaired) electrons. The van der Waals surface area contributed by atoms with E-state index in [-0.39, 0.29) is 0 Å². The van der Waals surface area contributed by atoms with E-state index in [1.807, 2.05) is 24.0 Å². The van der Waals surface area contributed by atoms with Crippen molar-refractivity contribution in [2.75, 3.05) is 30.5 Å². The number of hydrogen-bond donors (Lipinski definition) is 1. The SMILES string of the molecule is CN(C(=N)N(C)N1CCc2ccccc21)c1ccc2c3c(cccc13)CC2. The van der Waals surface area contributed by atoms with E-state index >= 15 is 0 Å². The molecule has 4 heteroatoms. The van der Waals surface area contributed by atoms with Gasteiger partial charge in [0, 0.05) is 26.0 Å². The molecule has 1 aliphatic heterocycles. The van der Waals surface area contributed by atoms with Crippen molar-refractivity contribution >= 4 is 28.1 Å². The summed E-state index contributed by atoms with van der Waals surface area (Å²) >= 11 is 0.